The first-order valence-electron chi connectivity index (χ1n) is 7.83. The van der Waals surface area contributed by atoms with Crippen molar-refractivity contribution >= 4 is 11.6 Å². The molecule has 0 spiro atoms. The predicted molar refractivity (Wildman–Crippen MR) is 83.4 cm³/mol. The Kier molecular flexibility index (Phi) is 4.23. The SMILES string of the molecule is CCNC(c1ccc(Cl)c(OC)c1)C1C2CCCCC21. The van der Waals surface area contributed by atoms with Gasteiger partial charge in [0.15, 0.2) is 0 Å². The summed E-state index contributed by atoms with van der Waals surface area (Å²) < 4.78 is 5.37. The van der Waals surface area contributed by atoms with Crippen molar-refractivity contribution in [2.45, 2.75) is 38.6 Å². The van der Waals surface area contributed by atoms with Gasteiger partial charge in [-0.3, -0.25) is 0 Å². The van der Waals surface area contributed by atoms with Gasteiger partial charge in [0.2, 0.25) is 0 Å². The minimum Gasteiger partial charge on any atom is -0.495 e. The molecule has 3 rings (SSSR count). The molecule has 0 bridgehead atoms. The monoisotopic (exact) mass is 293 g/mol. The lowest BCUT2D eigenvalue weighted by atomic mass is 9.99. The molecule has 1 aromatic rings. The van der Waals surface area contributed by atoms with Crippen molar-refractivity contribution in [1.82, 2.24) is 5.32 Å². The molecule has 1 aromatic carbocycles. The van der Waals surface area contributed by atoms with Crippen molar-refractivity contribution in [3.63, 3.8) is 0 Å². The molecule has 3 atom stereocenters. The quantitative estimate of drug-likeness (QED) is 0.867. The lowest BCUT2D eigenvalue weighted by Crippen LogP contribution is -2.23. The van der Waals surface area contributed by atoms with Crippen molar-refractivity contribution in [2.24, 2.45) is 17.8 Å². The molecular weight excluding hydrogens is 270 g/mol. The van der Waals surface area contributed by atoms with Crippen molar-refractivity contribution < 1.29 is 4.74 Å². The van der Waals surface area contributed by atoms with Crippen LogP contribution < -0.4 is 10.1 Å². The van der Waals surface area contributed by atoms with E-state index in [-0.39, 0.29) is 0 Å². The Labute approximate surface area is 126 Å². The van der Waals surface area contributed by atoms with Gasteiger partial charge in [-0.05, 0) is 54.8 Å². The molecule has 2 fully saturated rings. The number of benzene rings is 1. The number of nitrogens with one attached hydrogen (secondary N) is 1. The van der Waals surface area contributed by atoms with Gasteiger partial charge in [0, 0.05) is 6.04 Å². The summed E-state index contributed by atoms with van der Waals surface area (Å²) in [5.41, 5.74) is 1.33. The van der Waals surface area contributed by atoms with Crippen LogP contribution in [-0.2, 0) is 0 Å². The fraction of sp³-hybridized carbons (Fsp3) is 0.647. The van der Waals surface area contributed by atoms with E-state index in [0.717, 1.165) is 30.0 Å². The second-order valence-corrected chi connectivity index (χ2v) is 6.53. The summed E-state index contributed by atoms with van der Waals surface area (Å²) in [6.07, 6.45) is 5.67. The number of methoxy groups -OCH3 is 1. The number of halogens is 1. The molecule has 2 nitrogen and oxygen atoms in total. The van der Waals surface area contributed by atoms with E-state index >= 15 is 0 Å². The van der Waals surface area contributed by atoms with Gasteiger partial charge in [-0.2, -0.15) is 0 Å². The molecule has 0 aliphatic heterocycles. The summed E-state index contributed by atoms with van der Waals surface area (Å²) in [6.45, 7) is 3.19. The third-order valence-electron chi connectivity index (χ3n) is 5.07. The predicted octanol–water partition coefficient (Wildman–Crippen LogP) is 4.44. The van der Waals surface area contributed by atoms with E-state index in [4.69, 9.17) is 16.3 Å². The smallest absolute Gasteiger partial charge is 0.137 e. The molecule has 0 heterocycles. The van der Waals surface area contributed by atoms with Crippen molar-refractivity contribution in [1.29, 1.82) is 0 Å². The molecule has 0 saturated heterocycles. The van der Waals surface area contributed by atoms with E-state index in [1.165, 1.54) is 31.2 Å². The minimum atomic E-state index is 0.458. The van der Waals surface area contributed by atoms with E-state index in [0.29, 0.717) is 11.1 Å². The maximum Gasteiger partial charge on any atom is 0.137 e. The van der Waals surface area contributed by atoms with Gasteiger partial charge in [0.25, 0.3) is 0 Å². The van der Waals surface area contributed by atoms with Gasteiger partial charge in [-0.15, -0.1) is 0 Å². The molecular formula is C17H24ClNO. The Morgan fingerprint density at radius 1 is 1.30 bits per heavy atom. The van der Waals surface area contributed by atoms with E-state index in [1.807, 2.05) is 6.07 Å². The van der Waals surface area contributed by atoms with Crippen LogP contribution in [0.15, 0.2) is 18.2 Å². The second-order valence-electron chi connectivity index (χ2n) is 6.12. The third kappa shape index (κ3) is 2.56. The molecule has 0 aromatic heterocycles. The van der Waals surface area contributed by atoms with Gasteiger partial charge in [0.1, 0.15) is 5.75 Å². The molecule has 1 N–H and O–H groups in total. The highest BCUT2D eigenvalue weighted by Crippen LogP contribution is 2.60. The molecule has 110 valence electrons. The van der Waals surface area contributed by atoms with Gasteiger partial charge in [-0.1, -0.05) is 37.4 Å². The zero-order valence-electron chi connectivity index (χ0n) is 12.4. The largest absolute Gasteiger partial charge is 0.495 e. The molecule has 2 aliphatic carbocycles. The highest BCUT2D eigenvalue weighted by Gasteiger charge is 2.54. The van der Waals surface area contributed by atoms with Crippen LogP contribution in [0.5, 0.6) is 5.75 Å². The van der Waals surface area contributed by atoms with Crippen LogP contribution in [0.3, 0.4) is 0 Å². The van der Waals surface area contributed by atoms with Crippen molar-refractivity contribution in [2.75, 3.05) is 13.7 Å². The van der Waals surface area contributed by atoms with Gasteiger partial charge in [0.05, 0.1) is 12.1 Å². The molecule has 2 aliphatic rings. The first-order valence-corrected chi connectivity index (χ1v) is 8.21. The summed E-state index contributed by atoms with van der Waals surface area (Å²) in [6, 6.07) is 6.69. The second kappa shape index (κ2) is 5.95. The average Bonchev–Trinajstić information content (AvgIpc) is 3.20. The van der Waals surface area contributed by atoms with E-state index in [1.54, 1.807) is 7.11 Å². The Morgan fingerprint density at radius 2 is 2.00 bits per heavy atom. The number of fused-ring (bicyclic) bond motifs is 1. The van der Waals surface area contributed by atoms with E-state index in [9.17, 15) is 0 Å². The van der Waals surface area contributed by atoms with Gasteiger partial charge >= 0.3 is 0 Å². The molecule has 3 unspecified atom stereocenters. The van der Waals surface area contributed by atoms with Crippen LogP contribution in [0, 0.1) is 17.8 Å². The fourth-order valence-corrected chi connectivity index (χ4v) is 4.30. The summed E-state index contributed by atoms with van der Waals surface area (Å²) in [5.74, 6) is 3.47. The summed E-state index contributed by atoms with van der Waals surface area (Å²) in [7, 11) is 1.68. The Hall–Kier alpha value is -0.730. The highest BCUT2D eigenvalue weighted by atomic mass is 35.5. The lowest BCUT2D eigenvalue weighted by Gasteiger charge is -2.20. The van der Waals surface area contributed by atoms with E-state index < -0.39 is 0 Å². The summed E-state index contributed by atoms with van der Waals surface area (Å²) in [5, 5.41) is 4.38. The summed E-state index contributed by atoms with van der Waals surface area (Å²) in [4.78, 5) is 0. The van der Waals surface area contributed by atoms with Gasteiger partial charge in [-0.25, -0.2) is 0 Å². The number of hydrogen-bond donors (Lipinski definition) is 1. The van der Waals surface area contributed by atoms with Crippen LogP contribution >= 0.6 is 11.6 Å². The number of rotatable bonds is 5. The fourth-order valence-electron chi connectivity index (χ4n) is 4.11. The standard InChI is InChI=1S/C17H24ClNO/c1-3-19-17(16-12-6-4-5-7-13(12)16)11-8-9-14(18)15(10-11)20-2/h8-10,12-13,16-17,19H,3-7H2,1-2H3. The Morgan fingerprint density at radius 3 is 2.60 bits per heavy atom. The molecule has 2 saturated carbocycles. The molecule has 0 amide bonds. The zero-order chi connectivity index (χ0) is 14.1. The minimum absolute atomic E-state index is 0.458. The lowest BCUT2D eigenvalue weighted by molar-refractivity contribution is 0.410. The van der Waals surface area contributed by atoms with Crippen LogP contribution in [0.4, 0.5) is 0 Å². The van der Waals surface area contributed by atoms with E-state index in [2.05, 4.69) is 24.4 Å². The van der Waals surface area contributed by atoms with Crippen LogP contribution in [0.25, 0.3) is 0 Å². The first-order chi connectivity index (χ1) is 9.76. The molecule has 3 heteroatoms. The normalized spacial score (nSPS) is 29.6. The number of hydrogen-bond acceptors (Lipinski definition) is 2. The maximum atomic E-state index is 6.15. The van der Waals surface area contributed by atoms with Crippen LogP contribution in [0.1, 0.15) is 44.2 Å². The number of ether oxygens (including phenoxy) is 1. The molecule has 20 heavy (non-hydrogen) atoms. The van der Waals surface area contributed by atoms with Crippen LogP contribution in [-0.4, -0.2) is 13.7 Å². The maximum absolute atomic E-state index is 6.15. The Balaban J connectivity index is 1.83. The zero-order valence-corrected chi connectivity index (χ0v) is 13.1. The Bertz CT molecular complexity index is 464. The summed E-state index contributed by atoms with van der Waals surface area (Å²) >= 11 is 6.15. The highest BCUT2D eigenvalue weighted by molar-refractivity contribution is 6.32. The molecule has 0 radical (unpaired) electrons. The topological polar surface area (TPSA) is 21.3 Å². The van der Waals surface area contributed by atoms with Crippen molar-refractivity contribution in [3.05, 3.63) is 28.8 Å². The third-order valence-corrected chi connectivity index (χ3v) is 5.38. The first kappa shape index (κ1) is 14.2. The van der Waals surface area contributed by atoms with Gasteiger partial charge < -0.3 is 10.1 Å². The average molecular weight is 294 g/mol. The van der Waals surface area contributed by atoms with Crippen LogP contribution in [0.2, 0.25) is 5.02 Å². The van der Waals surface area contributed by atoms with Crippen molar-refractivity contribution in [3.8, 4) is 5.75 Å².